The fourth-order valence-corrected chi connectivity index (χ4v) is 1.95. The quantitative estimate of drug-likeness (QED) is 0.830. The predicted molar refractivity (Wildman–Crippen MR) is 68.4 cm³/mol. The summed E-state index contributed by atoms with van der Waals surface area (Å²) in [4.78, 5) is 13.9. The Bertz CT molecular complexity index is 389. The fraction of sp³-hybridized carbons (Fsp3) is 0.500. The van der Waals surface area contributed by atoms with Crippen molar-refractivity contribution in [1.29, 1.82) is 0 Å². The first-order valence-corrected chi connectivity index (χ1v) is 6.35. The zero-order valence-corrected chi connectivity index (χ0v) is 10.6. The average Bonchev–Trinajstić information content (AvgIpc) is 3.20. The Kier molecular flexibility index (Phi) is 4.20. The van der Waals surface area contributed by atoms with Gasteiger partial charge in [0.15, 0.2) is 6.10 Å². The molecule has 4 nitrogen and oxygen atoms in total. The van der Waals surface area contributed by atoms with Crippen molar-refractivity contribution in [3.63, 3.8) is 0 Å². The van der Waals surface area contributed by atoms with E-state index in [1.807, 2.05) is 30.3 Å². The molecule has 0 heterocycles. The molecular weight excluding hydrogens is 230 g/mol. The summed E-state index contributed by atoms with van der Waals surface area (Å²) in [5, 5.41) is 9.00. The minimum Gasteiger partial charge on any atom is -0.481 e. The number of ether oxygens (including phenoxy) is 1. The van der Waals surface area contributed by atoms with Gasteiger partial charge in [0, 0.05) is 12.6 Å². The molecule has 1 aromatic carbocycles. The molecule has 1 aliphatic carbocycles. The average molecular weight is 249 g/mol. The number of aliphatic hydroxyl groups is 1. The molecule has 4 heteroatoms. The summed E-state index contributed by atoms with van der Waals surface area (Å²) >= 11 is 0. The normalized spacial score (nSPS) is 16.1. The Morgan fingerprint density at radius 1 is 1.44 bits per heavy atom. The Hall–Kier alpha value is -1.55. The lowest BCUT2D eigenvalue weighted by atomic mass is 10.3. The minimum atomic E-state index is -0.514. The van der Waals surface area contributed by atoms with Crippen molar-refractivity contribution in [2.24, 2.45) is 0 Å². The summed E-state index contributed by atoms with van der Waals surface area (Å²) in [6.45, 7) is 2.15. The number of nitrogens with zero attached hydrogens (tertiary/aromatic N) is 1. The number of amides is 1. The van der Waals surface area contributed by atoms with Crippen LogP contribution in [0.4, 0.5) is 0 Å². The summed E-state index contributed by atoms with van der Waals surface area (Å²) < 4.78 is 5.61. The molecule has 1 N–H and O–H groups in total. The van der Waals surface area contributed by atoms with Crippen molar-refractivity contribution in [3.05, 3.63) is 30.3 Å². The van der Waals surface area contributed by atoms with E-state index < -0.39 is 6.10 Å². The number of rotatable bonds is 6. The molecule has 1 fully saturated rings. The van der Waals surface area contributed by atoms with Crippen molar-refractivity contribution in [3.8, 4) is 5.75 Å². The number of aliphatic hydroxyl groups excluding tert-OH is 1. The summed E-state index contributed by atoms with van der Waals surface area (Å²) in [7, 11) is 0. The maximum Gasteiger partial charge on any atom is 0.263 e. The number of hydrogen-bond donors (Lipinski definition) is 1. The van der Waals surface area contributed by atoms with Gasteiger partial charge in [-0.05, 0) is 31.9 Å². The highest BCUT2D eigenvalue weighted by Crippen LogP contribution is 2.27. The second-order valence-electron chi connectivity index (χ2n) is 4.56. The minimum absolute atomic E-state index is 0.000295. The monoisotopic (exact) mass is 249 g/mol. The second kappa shape index (κ2) is 5.87. The Balaban J connectivity index is 1.94. The molecule has 0 aromatic heterocycles. The number of benzene rings is 1. The van der Waals surface area contributed by atoms with E-state index in [4.69, 9.17) is 9.84 Å². The first-order chi connectivity index (χ1) is 8.72. The van der Waals surface area contributed by atoms with E-state index in [-0.39, 0.29) is 12.5 Å². The van der Waals surface area contributed by atoms with Crippen LogP contribution in [0.3, 0.4) is 0 Å². The van der Waals surface area contributed by atoms with E-state index in [2.05, 4.69) is 0 Å². The van der Waals surface area contributed by atoms with Crippen molar-refractivity contribution in [2.45, 2.75) is 31.9 Å². The number of para-hydroxylation sites is 1. The lowest BCUT2D eigenvalue weighted by Gasteiger charge is -2.25. The van der Waals surface area contributed by atoms with E-state index in [0.717, 1.165) is 12.8 Å². The molecular formula is C14H19NO3. The van der Waals surface area contributed by atoms with E-state index in [1.165, 1.54) is 0 Å². The van der Waals surface area contributed by atoms with Crippen LogP contribution in [-0.2, 0) is 4.79 Å². The van der Waals surface area contributed by atoms with Gasteiger partial charge in [-0.15, -0.1) is 0 Å². The highest BCUT2D eigenvalue weighted by atomic mass is 16.5. The summed E-state index contributed by atoms with van der Waals surface area (Å²) in [6, 6.07) is 9.61. The standard InChI is InChI=1S/C14H19NO3/c1-11(18-13-5-3-2-4-6-13)14(17)15(9-10-16)12-7-8-12/h2-6,11-12,16H,7-10H2,1H3. The van der Waals surface area contributed by atoms with Gasteiger partial charge in [-0.1, -0.05) is 18.2 Å². The van der Waals surface area contributed by atoms with Gasteiger partial charge in [0.25, 0.3) is 5.91 Å². The van der Waals surface area contributed by atoms with Crippen LogP contribution in [0.25, 0.3) is 0 Å². The van der Waals surface area contributed by atoms with Gasteiger partial charge >= 0.3 is 0 Å². The van der Waals surface area contributed by atoms with Gasteiger partial charge in [0.1, 0.15) is 5.75 Å². The zero-order valence-electron chi connectivity index (χ0n) is 10.6. The molecule has 1 atom stereocenters. The van der Waals surface area contributed by atoms with E-state index in [0.29, 0.717) is 18.3 Å². The van der Waals surface area contributed by atoms with Crippen LogP contribution in [0.1, 0.15) is 19.8 Å². The van der Waals surface area contributed by atoms with Crippen molar-refractivity contribution in [1.82, 2.24) is 4.90 Å². The molecule has 98 valence electrons. The van der Waals surface area contributed by atoms with Crippen LogP contribution in [0.2, 0.25) is 0 Å². The predicted octanol–water partition coefficient (Wildman–Crippen LogP) is 1.44. The molecule has 1 amide bonds. The highest BCUT2D eigenvalue weighted by molar-refractivity contribution is 5.81. The number of carbonyl (C=O) groups is 1. The zero-order chi connectivity index (χ0) is 13.0. The third-order valence-corrected chi connectivity index (χ3v) is 3.02. The van der Waals surface area contributed by atoms with Crippen LogP contribution in [-0.4, -0.2) is 41.2 Å². The second-order valence-corrected chi connectivity index (χ2v) is 4.56. The topological polar surface area (TPSA) is 49.8 Å². The molecule has 1 aromatic rings. The third-order valence-electron chi connectivity index (χ3n) is 3.02. The lowest BCUT2D eigenvalue weighted by molar-refractivity contribution is -0.139. The van der Waals surface area contributed by atoms with Gasteiger partial charge in [0.05, 0.1) is 6.61 Å². The van der Waals surface area contributed by atoms with E-state index >= 15 is 0 Å². The van der Waals surface area contributed by atoms with Gasteiger partial charge in [-0.2, -0.15) is 0 Å². The van der Waals surface area contributed by atoms with Crippen molar-refractivity contribution in [2.75, 3.05) is 13.2 Å². The van der Waals surface area contributed by atoms with E-state index in [1.54, 1.807) is 11.8 Å². The maximum atomic E-state index is 12.2. The molecule has 0 bridgehead atoms. The van der Waals surface area contributed by atoms with Crippen LogP contribution >= 0.6 is 0 Å². The Morgan fingerprint density at radius 2 is 2.11 bits per heavy atom. The summed E-state index contributed by atoms with van der Waals surface area (Å²) in [5.41, 5.74) is 0. The van der Waals surface area contributed by atoms with Gasteiger partial charge in [-0.3, -0.25) is 4.79 Å². The summed E-state index contributed by atoms with van der Waals surface area (Å²) in [6.07, 6.45) is 1.55. The molecule has 1 unspecified atom stereocenters. The molecule has 0 aliphatic heterocycles. The molecule has 0 saturated heterocycles. The Morgan fingerprint density at radius 3 is 2.67 bits per heavy atom. The first kappa shape index (κ1) is 12.9. The lowest BCUT2D eigenvalue weighted by Crippen LogP contribution is -2.43. The SMILES string of the molecule is CC(Oc1ccccc1)C(=O)N(CCO)C1CC1. The van der Waals surface area contributed by atoms with Crippen LogP contribution in [0, 0.1) is 0 Å². The molecule has 18 heavy (non-hydrogen) atoms. The first-order valence-electron chi connectivity index (χ1n) is 6.35. The molecule has 1 aliphatic rings. The summed E-state index contributed by atoms with van der Waals surface area (Å²) in [5.74, 6) is 0.647. The van der Waals surface area contributed by atoms with Crippen LogP contribution in [0.15, 0.2) is 30.3 Å². The molecule has 0 spiro atoms. The van der Waals surface area contributed by atoms with Gasteiger partial charge < -0.3 is 14.7 Å². The van der Waals surface area contributed by atoms with E-state index in [9.17, 15) is 4.79 Å². The molecule has 0 radical (unpaired) electrons. The number of carbonyl (C=O) groups excluding carboxylic acids is 1. The van der Waals surface area contributed by atoms with Crippen molar-refractivity contribution >= 4 is 5.91 Å². The smallest absolute Gasteiger partial charge is 0.263 e. The third kappa shape index (κ3) is 3.23. The van der Waals surface area contributed by atoms with Crippen molar-refractivity contribution < 1.29 is 14.6 Å². The van der Waals surface area contributed by atoms with Gasteiger partial charge in [-0.25, -0.2) is 0 Å². The molecule has 2 rings (SSSR count). The van der Waals surface area contributed by atoms with Crippen LogP contribution in [0.5, 0.6) is 5.75 Å². The largest absolute Gasteiger partial charge is 0.481 e. The Labute approximate surface area is 107 Å². The number of hydrogen-bond acceptors (Lipinski definition) is 3. The molecule has 1 saturated carbocycles. The highest BCUT2D eigenvalue weighted by Gasteiger charge is 2.34. The van der Waals surface area contributed by atoms with Crippen LogP contribution < -0.4 is 4.74 Å². The van der Waals surface area contributed by atoms with Gasteiger partial charge in [0.2, 0.25) is 0 Å². The maximum absolute atomic E-state index is 12.2. The fourth-order valence-electron chi connectivity index (χ4n) is 1.95.